The van der Waals surface area contributed by atoms with Crippen LogP contribution < -0.4 is 16.4 Å². The van der Waals surface area contributed by atoms with E-state index in [0.29, 0.717) is 23.5 Å². The van der Waals surface area contributed by atoms with Crippen LogP contribution in [0.3, 0.4) is 0 Å². The van der Waals surface area contributed by atoms with Gasteiger partial charge in [-0.15, -0.1) is 0 Å². The second-order valence-corrected chi connectivity index (χ2v) is 5.39. The summed E-state index contributed by atoms with van der Waals surface area (Å²) < 4.78 is 0. The van der Waals surface area contributed by atoms with Crippen molar-refractivity contribution in [3.8, 4) is 0 Å². The Morgan fingerprint density at radius 1 is 1.00 bits per heavy atom. The first-order valence-electron chi connectivity index (χ1n) is 7.49. The zero-order valence-electron chi connectivity index (χ0n) is 13.3. The van der Waals surface area contributed by atoms with Crippen molar-refractivity contribution in [3.63, 3.8) is 0 Å². The van der Waals surface area contributed by atoms with Gasteiger partial charge in [0.15, 0.2) is 0 Å². The van der Waals surface area contributed by atoms with Gasteiger partial charge in [0.2, 0.25) is 5.91 Å². The average Bonchev–Trinajstić information content (AvgIpc) is 2.51. The van der Waals surface area contributed by atoms with E-state index in [1.54, 1.807) is 12.1 Å². The number of carbonyl (C=O) groups is 2. The van der Waals surface area contributed by atoms with Crippen molar-refractivity contribution in [3.05, 3.63) is 59.2 Å². The molecule has 0 heterocycles. The minimum absolute atomic E-state index is 0.141. The molecule has 0 saturated carbocycles. The Morgan fingerprint density at radius 2 is 1.74 bits per heavy atom. The molecule has 2 amide bonds. The summed E-state index contributed by atoms with van der Waals surface area (Å²) in [5.74, 6) is -0.316. The first-order valence-corrected chi connectivity index (χ1v) is 7.49. The van der Waals surface area contributed by atoms with Crippen molar-refractivity contribution < 1.29 is 9.59 Å². The summed E-state index contributed by atoms with van der Waals surface area (Å²) in [4.78, 5) is 24.0. The number of amides is 2. The normalized spacial score (nSPS) is 10.2. The standard InChI is InChI=1S/C18H21N3O2/c1-12-5-3-4-6-15(12)18(23)20-14-8-7-13(2)16(11-14)21-17(22)9-10-19/h3-8,11H,9-10,19H2,1-2H3,(H,20,23)(H,21,22). The van der Waals surface area contributed by atoms with Gasteiger partial charge in [0, 0.05) is 29.9 Å². The van der Waals surface area contributed by atoms with Gasteiger partial charge in [0.1, 0.15) is 0 Å². The Bertz CT molecular complexity index is 726. The molecule has 4 N–H and O–H groups in total. The van der Waals surface area contributed by atoms with Crippen LogP contribution in [0.2, 0.25) is 0 Å². The van der Waals surface area contributed by atoms with E-state index in [2.05, 4.69) is 10.6 Å². The molecule has 0 aliphatic rings. The molecular weight excluding hydrogens is 290 g/mol. The van der Waals surface area contributed by atoms with Crippen molar-refractivity contribution in [2.45, 2.75) is 20.3 Å². The van der Waals surface area contributed by atoms with E-state index in [1.807, 2.05) is 44.2 Å². The highest BCUT2D eigenvalue weighted by atomic mass is 16.2. The number of rotatable bonds is 5. The van der Waals surface area contributed by atoms with Crippen LogP contribution in [0.5, 0.6) is 0 Å². The molecule has 0 atom stereocenters. The number of carbonyl (C=O) groups excluding carboxylic acids is 2. The zero-order chi connectivity index (χ0) is 16.8. The van der Waals surface area contributed by atoms with Crippen LogP contribution in [0, 0.1) is 13.8 Å². The first kappa shape index (κ1) is 16.7. The summed E-state index contributed by atoms with van der Waals surface area (Å²) in [5, 5.41) is 5.66. The molecule has 2 aromatic rings. The first-order chi connectivity index (χ1) is 11.0. The van der Waals surface area contributed by atoms with Crippen molar-refractivity contribution in [2.75, 3.05) is 17.2 Å². The lowest BCUT2D eigenvalue weighted by atomic mass is 10.1. The Hall–Kier alpha value is -2.66. The Kier molecular flexibility index (Phi) is 5.49. The summed E-state index contributed by atoms with van der Waals surface area (Å²) in [5.41, 5.74) is 9.14. The zero-order valence-corrected chi connectivity index (χ0v) is 13.3. The van der Waals surface area contributed by atoms with Gasteiger partial charge < -0.3 is 16.4 Å². The average molecular weight is 311 g/mol. The molecule has 120 valence electrons. The van der Waals surface area contributed by atoms with E-state index in [1.165, 1.54) is 0 Å². The minimum atomic E-state index is -0.175. The number of nitrogens with one attached hydrogen (secondary N) is 2. The number of hydrogen-bond donors (Lipinski definition) is 3. The van der Waals surface area contributed by atoms with Gasteiger partial charge in [-0.1, -0.05) is 24.3 Å². The molecule has 0 bridgehead atoms. The third kappa shape index (κ3) is 4.40. The summed E-state index contributed by atoms with van der Waals surface area (Å²) in [6, 6.07) is 12.8. The highest BCUT2D eigenvalue weighted by Crippen LogP contribution is 2.21. The number of aryl methyl sites for hydroxylation is 2. The summed E-state index contributed by atoms with van der Waals surface area (Å²) in [7, 11) is 0. The lowest BCUT2D eigenvalue weighted by Gasteiger charge is -2.12. The van der Waals surface area contributed by atoms with Crippen LogP contribution in [0.25, 0.3) is 0 Å². The third-order valence-corrected chi connectivity index (χ3v) is 3.53. The number of hydrogen-bond acceptors (Lipinski definition) is 3. The molecule has 2 rings (SSSR count). The number of nitrogens with two attached hydrogens (primary N) is 1. The van der Waals surface area contributed by atoms with Crippen LogP contribution in [0.1, 0.15) is 27.9 Å². The molecule has 0 aliphatic carbocycles. The summed E-state index contributed by atoms with van der Waals surface area (Å²) in [6.45, 7) is 4.09. The maximum atomic E-state index is 12.3. The van der Waals surface area contributed by atoms with E-state index in [9.17, 15) is 9.59 Å². The molecule has 0 saturated heterocycles. The van der Waals surface area contributed by atoms with E-state index in [0.717, 1.165) is 11.1 Å². The van der Waals surface area contributed by atoms with Crippen LogP contribution in [-0.4, -0.2) is 18.4 Å². The molecule has 0 unspecified atom stereocenters. The molecule has 2 aromatic carbocycles. The highest BCUT2D eigenvalue weighted by Gasteiger charge is 2.10. The predicted octanol–water partition coefficient (Wildman–Crippen LogP) is 2.84. The largest absolute Gasteiger partial charge is 0.330 e. The van der Waals surface area contributed by atoms with Crippen LogP contribution in [-0.2, 0) is 4.79 Å². The van der Waals surface area contributed by atoms with Gasteiger partial charge in [-0.2, -0.15) is 0 Å². The van der Waals surface area contributed by atoms with Crippen LogP contribution in [0.4, 0.5) is 11.4 Å². The second kappa shape index (κ2) is 7.56. The highest BCUT2D eigenvalue weighted by molar-refractivity contribution is 6.05. The molecular formula is C18H21N3O2. The molecule has 0 aliphatic heterocycles. The molecule has 0 radical (unpaired) electrons. The van der Waals surface area contributed by atoms with E-state index in [-0.39, 0.29) is 18.2 Å². The van der Waals surface area contributed by atoms with Crippen molar-refractivity contribution in [2.24, 2.45) is 5.73 Å². The van der Waals surface area contributed by atoms with Gasteiger partial charge in [-0.05, 0) is 43.2 Å². The molecule has 0 aromatic heterocycles. The molecule has 23 heavy (non-hydrogen) atoms. The van der Waals surface area contributed by atoms with E-state index in [4.69, 9.17) is 5.73 Å². The molecule has 5 nitrogen and oxygen atoms in total. The monoisotopic (exact) mass is 311 g/mol. The Morgan fingerprint density at radius 3 is 2.43 bits per heavy atom. The van der Waals surface area contributed by atoms with Gasteiger partial charge >= 0.3 is 0 Å². The van der Waals surface area contributed by atoms with Gasteiger partial charge in [0.25, 0.3) is 5.91 Å². The molecule has 5 heteroatoms. The maximum Gasteiger partial charge on any atom is 0.255 e. The van der Waals surface area contributed by atoms with Gasteiger partial charge in [-0.3, -0.25) is 9.59 Å². The second-order valence-electron chi connectivity index (χ2n) is 5.39. The van der Waals surface area contributed by atoms with E-state index >= 15 is 0 Å². The topological polar surface area (TPSA) is 84.2 Å². The molecule has 0 spiro atoms. The maximum absolute atomic E-state index is 12.3. The summed E-state index contributed by atoms with van der Waals surface area (Å²) >= 11 is 0. The lowest BCUT2D eigenvalue weighted by Crippen LogP contribution is -2.17. The van der Waals surface area contributed by atoms with Gasteiger partial charge in [0.05, 0.1) is 0 Å². The smallest absolute Gasteiger partial charge is 0.255 e. The Balaban J connectivity index is 2.16. The quantitative estimate of drug-likeness (QED) is 0.794. The van der Waals surface area contributed by atoms with Crippen molar-refractivity contribution >= 4 is 23.2 Å². The minimum Gasteiger partial charge on any atom is -0.330 e. The fourth-order valence-corrected chi connectivity index (χ4v) is 2.20. The van der Waals surface area contributed by atoms with Crippen molar-refractivity contribution in [1.82, 2.24) is 0 Å². The van der Waals surface area contributed by atoms with Crippen LogP contribution in [0.15, 0.2) is 42.5 Å². The summed E-state index contributed by atoms with van der Waals surface area (Å²) in [6.07, 6.45) is 0.263. The Labute approximate surface area is 135 Å². The third-order valence-electron chi connectivity index (χ3n) is 3.53. The fraction of sp³-hybridized carbons (Fsp3) is 0.222. The van der Waals surface area contributed by atoms with Crippen LogP contribution >= 0.6 is 0 Å². The SMILES string of the molecule is Cc1ccc(NC(=O)c2ccccc2C)cc1NC(=O)CCN. The molecule has 0 fully saturated rings. The van der Waals surface area contributed by atoms with Crippen molar-refractivity contribution in [1.29, 1.82) is 0 Å². The fourth-order valence-electron chi connectivity index (χ4n) is 2.20. The number of anilines is 2. The number of benzene rings is 2. The van der Waals surface area contributed by atoms with E-state index < -0.39 is 0 Å². The van der Waals surface area contributed by atoms with Gasteiger partial charge in [-0.25, -0.2) is 0 Å². The predicted molar refractivity (Wildman–Crippen MR) is 92.6 cm³/mol. The lowest BCUT2D eigenvalue weighted by molar-refractivity contribution is -0.116.